The van der Waals surface area contributed by atoms with Crippen LogP contribution >= 0.6 is 0 Å². The average Bonchev–Trinajstić information content (AvgIpc) is 3.17. The molecule has 130 valence electrons. The standard InChI is InChI=1S/C15H16N6O4/c1-9-4-5-10(25-9)6-17-18-11(22)7-21-8-16-13-12(21)14(23)20(3)15(24)19(13)2/h4-6,8H,7H2,1-3H3,(H,18,22)/p+1. The summed E-state index contributed by atoms with van der Waals surface area (Å²) in [6.45, 7) is 1.67. The molecule has 25 heavy (non-hydrogen) atoms. The van der Waals surface area contributed by atoms with Crippen LogP contribution < -0.4 is 21.2 Å². The van der Waals surface area contributed by atoms with Gasteiger partial charge in [0.05, 0.1) is 6.21 Å². The molecule has 0 atom stereocenters. The number of hydrogen-bond acceptors (Lipinski definition) is 5. The maximum absolute atomic E-state index is 12.3. The number of fused-ring (bicyclic) bond motifs is 1. The number of hydrazone groups is 1. The summed E-state index contributed by atoms with van der Waals surface area (Å²) in [4.78, 5) is 39.1. The van der Waals surface area contributed by atoms with E-state index in [0.29, 0.717) is 11.4 Å². The van der Waals surface area contributed by atoms with Crippen LogP contribution in [-0.2, 0) is 25.4 Å². The molecule has 0 radical (unpaired) electrons. The summed E-state index contributed by atoms with van der Waals surface area (Å²) >= 11 is 0. The lowest BCUT2D eigenvalue weighted by Crippen LogP contribution is -2.46. The van der Waals surface area contributed by atoms with Crippen molar-refractivity contribution >= 4 is 23.3 Å². The molecule has 10 nitrogen and oxygen atoms in total. The third-order valence-electron chi connectivity index (χ3n) is 3.74. The zero-order valence-electron chi connectivity index (χ0n) is 13.9. The van der Waals surface area contributed by atoms with Gasteiger partial charge in [0.15, 0.2) is 6.54 Å². The largest absolute Gasteiger partial charge is 0.460 e. The summed E-state index contributed by atoms with van der Waals surface area (Å²) in [5.74, 6) is 0.825. The first-order valence-electron chi connectivity index (χ1n) is 7.43. The van der Waals surface area contributed by atoms with Crippen LogP contribution in [0.4, 0.5) is 0 Å². The molecular weight excluding hydrogens is 328 g/mol. The SMILES string of the molecule is Cc1ccc(C=NNC(=O)C[n+]2c[nH]c3c2c(=O)n(C)c(=O)n3C)o1. The van der Waals surface area contributed by atoms with Gasteiger partial charge in [-0.2, -0.15) is 5.10 Å². The van der Waals surface area contributed by atoms with Crippen molar-refractivity contribution in [2.24, 2.45) is 19.2 Å². The Morgan fingerprint density at radius 3 is 2.80 bits per heavy atom. The molecular formula is C15H17N6O4+. The van der Waals surface area contributed by atoms with Crippen molar-refractivity contribution < 1.29 is 13.8 Å². The van der Waals surface area contributed by atoms with Gasteiger partial charge in [0.2, 0.25) is 6.33 Å². The number of hydrogen-bond donors (Lipinski definition) is 2. The normalized spacial score (nSPS) is 11.5. The van der Waals surface area contributed by atoms with Gasteiger partial charge in [-0.1, -0.05) is 0 Å². The number of aromatic amines is 1. The molecule has 0 spiro atoms. The fourth-order valence-corrected chi connectivity index (χ4v) is 2.46. The van der Waals surface area contributed by atoms with E-state index in [1.807, 2.05) is 0 Å². The predicted molar refractivity (Wildman–Crippen MR) is 88.2 cm³/mol. The Morgan fingerprint density at radius 1 is 1.36 bits per heavy atom. The topological polar surface area (TPSA) is 118 Å². The number of carbonyl (C=O) groups is 1. The summed E-state index contributed by atoms with van der Waals surface area (Å²) in [6, 6.07) is 3.51. The lowest BCUT2D eigenvalue weighted by molar-refractivity contribution is -0.659. The van der Waals surface area contributed by atoms with Crippen molar-refractivity contribution in [3.63, 3.8) is 0 Å². The van der Waals surface area contributed by atoms with Gasteiger partial charge in [-0.15, -0.1) is 0 Å². The van der Waals surface area contributed by atoms with Gasteiger partial charge in [0.1, 0.15) is 11.5 Å². The van der Waals surface area contributed by atoms with Gasteiger partial charge < -0.3 is 4.42 Å². The fraction of sp³-hybridized carbons (Fsp3) is 0.267. The Labute approximate surface area is 141 Å². The van der Waals surface area contributed by atoms with Crippen LogP contribution in [0.15, 0.2) is 37.6 Å². The highest BCUT2D eigenvalue weighted by atomic mass is 16.3. The predicted octanol–water partition coefficient (Wildman–Crippen LogP) is -1.10. The molecule has 0 aliphatic carbocycles. The zero-order chi connectivity index (χ0) is 18.1. The quantitative estimate of drug-likeness (QED) is 0.355. The molecule has 2 N–H and O–H groups in total. The highest BCUT2D eigenvalue weighted by molar-refractivity contribution is 5.79. The van der Waals surface area contributed by atoms with Crippen LogP contribution in [-0.4, -0.2) is 26.2 Å². The smallest absolute Gasteiger partial charge is 0.333 e. The van der Waals surface area contributed by atoms with Crippen molar-refractivity contribution in [2.75, 3.05) is 0 Å². The van der Waals surface area contributed by atoms with E-state index in [4.69, 9.17) is 4.42 Å². The number of H-pyrrole nitrogens is 1. The van der Waals surface area contributed by atoms with Crippen LogP contribution in [0.2, 0.25) is 0 Å². The Bertz CT molecular complexity index is 1100. The van der Waals surface area contributed by atoms with Crippen molar-refractivity contribution in [1.29, 1.82) is 0 Å². The average molecular weight is 345 g/mol. The van der Waals surface area contributed by atoms with Crippen LogP contribution in [0.1, 0.15) is 11.5 Å². The summed E-state index contributed by atoms with van der Waals surface area (Å²) in [5.41, 5.74) is 2.00. The molecule has 3 heterocycles. The molecule has 0 saturated heterocycles. The molecule has 0 unspecified atom stereocenters. The van der Waals surface area contributed by atoms with Crippen LogP contribution in [0.25, 0.3) is 11.2 Å². The van der Waals surface area contributed by atoms with E-state index in [-0.39, 0.29) is 12.1 Å². The molecule has 3 rings (SSSR count). The molecule has 3 aromatic rings. The van der Waals surface area contributed by atoms with Crippen LogP contribution in [0, 0.1) is 6.92 Å². The zero-order valence-corrected chi connectivity index (χ0v) is 13.9. The third kappa shape index (κ3) is 3.01. The van der Waals surface area contributed by atoms with E-state index in [2.05, 4.69) is 15.5 Å². The fourth-order valence-electron chi connectivity index (χ4n) is 2.46. The maximum Gasteiger partial charge on any atom is 0.333 e. The first kappa shape index (κ1) is 16.4. The Hall–Kier alpha value is -3.43. The van der Waals surface area contributed by atoms with Gasteiger partial charge in [0, 0.05) is 14.1 Å². The minimum Gasteiger partial charge on any atom is -0.460 e. The summed E-state index contributed by atoms with van der Waals surface area (Å²) in [5, 5.41) is 3.81. The van der Waals surface area contributed by atoms with Crippen LogP contribution in [0.3, 0.4) is 0 Å². The molecule has 0 aromatic carbocycles. The molecule has 0 aliphatic heterocycles. The number of amides is 1. The van der Waals surface area contributed by atoms with Gasteiger partial charge >= 0.3 is 11.2 Å². The number of aromatic nitrogens is 4. The summed E-state index contributed by atoms with van der Waals surface area (Å²) < 4.78 is 9.02. The molecule has 0 fully saturated rings. The Kier molecular flexibility index (Phi) is 4.09. The lowest BCUT2D eigenvalue weighted by Gasteiger charge is -2.01. The number of imidazole rings is 1. The minimum absolute atomic E-state index is 0.137. The number of rotatable bonds is 4. The lowest BCUT2D eigenvalue weighted by atomic mass is 10.4. The highest BCUT2D eigenvalue weighted by Crippen LogP contribution is 2.02. The molecule has 10 heteroatoms. The summed E-state index contributed by atoms with van der Waals surface area (Å²) in [7, 11) is 2.93. The van der Waals surface area contributed by atoms with Crippen molar-refractivity contribution in [3.8, 4) is 0 Å². The second-order valence-electron chi connectivity index (χ2n) is 5.55. The molecule has 0 bridgehead atoms. The second kappa shape index (κ2) is 6.23. The summed E-state index contributed by atoms with van der Waals surface area (Å²) in [6.07, 6.45) is 2.85. The van der Waals surface area contributed by atoms with E-state index in [9.17, 15) is 14.4 Å². The first-order valence-corrected chi connectivity index (χ1v) is 7.43. The van der Waals surface area contributed by atoms with Gasteiger partial charge in [-0.3, -0.25) is 18.7 Å². The van der Waals surface area contributed by atoms with Gasteiger partial charge in [-0.25, -0.2) is 19.8 Å². The highest BCUT2D eigenvalue weighted by Gasteiger charge is 2.21. The molecule has 0 saturated carbocycles. The van der Waals surface area contributed by atoms with E-state index in [0.717, 1.165) is 10.3 Å². The van der Waals surface area contributed by atoms with Crippen molar-refractivity contribution in [1.82, 2.24) is 19.5 Å². The molecule has 1 amide bonds. The van der Waals surface area contributed by atoms with Crippen LogP contribution in [0.5, 0.6) is 0 Å². The maximum atomic E-state index is 12.3. The van der Waals surface area contributed by atoms with E-state index >= 15 is 0 Å². The molecule has 0 aliphatic rings. The van der Waals surface area contributed by atoms with E-state index in [1.165, 1.54) is 28.7 Å². The number of nitrogens with zero attached hydrogens (tertiary/aromatic N) is 4. The Morgan fingerprint density at radius 2 is 2.12 bits per heavy atom. The second-order valence-corrected chi connectivity index (χ2v) is 5.55. The van der Waals surface area contributed by atoms with Gasteiger partial charge in [0.25, 0.3) is 17.1 Å². The van der Waals surface area contributed by atoms with Crippen molar-refractivity contribution in [2.45, 2.75) is 13.5 Å². The first-order chi connectivity index (χ1) is 11.9. The van der Waals surface area contributed by atoms with E-state index < -0.39 is 17.2 Å². The number of nitrogens with one attached hydrogen (secondary N) is 2. The monoisotopic (exact) mass is 345 g/mol. The third-order valence-corrected chi connectivity index (χ3v) is 3.74. The number of aryl methyl sites for hydroxylation is 2. The number of carbonyl (C=O) groups excluding carboxylic acids is 1. The minimum atomic E-state index is -0.485. The van der Waals surface area contributed by atoms with Crippen molar-refractivity contribution in [3.05, 3.63) is 50.8 Å². The molecule has 3 aromatic heterocycles. The van der Waals surface area contributed by atoms with E-state index in [1.54, 1.807) is 26.1 Å². The van der Waals surface area contributed by atoms with Gasteiger partial charge in [-0.05, 0) is 19.1 Å². The Balaban J connectivity index is 1.81. The number of furan rings is 1.